The predicted molar refractivity (Wildman–Crippen MR) is 92.7 cm³/mol. The van der Waals surface area contributed by atoms with Crippen molar-refractivity contribution in [3.05, 3.63) is 28.8 Å². The molecule has 24 heavy (non-hydrogen) atoms. The summed E-state index contributed by atoms with van der Waals surface area (Å²) in [5, 5.41) is 3.41. The van der Waals surface area contributed by atoms with Crippen LogP contribution in [-0.4, -0.2) is 24.5 Å². The number of anilines is 1. The largest absolute Gasteiger partial charge is 0.452 e. The Hall–Kier alpha value is -1.75. The van der Waals surface area contributed by atoms with Gasteiger partial charge in [-0.05, 0) is 62.1 Å². The number of hydrogen-bond donors (Lipinski definition) is 2. The third-order valence-corrected chi connectivity index (χ3v) is 5.63. The van der Waals surface area contributed by atoms with E-state index in [0.717, 1.165) is 11.8 Å². The van der Waals surface area contributed by atoms with Crippen LogP contribution in [0.2, 0.25) is 5.02 Å². The monoisotopic (exact) mass is 350 g/mol. The molecular formula is C18H23ClN2O3. The summed E-state index contributed by atoms with van der Waals surface area (Å²) < 4.78 is 5.06. The summed E-state index contributed by atoms with van der Waals surface area (Å²) in [5.41, 5.74) is 6.20. The lowest BCUT2D eigenvalue weighted by Gasteiger charge is -2.28. The topological polar surface area (TPSA) is 81.4 Å². The number of amides is 1. The average molecular weight is 351 g/mol. The Kier molecular flexibility index (Phi) is 4.99. The molecule has 0 radical (unpaired) electrons. The van der Waals surface area contributed by atoms with E-state index in [1.807, 2.05) is 6.92 Å². The second-order valence-electron chi connectivity index (χ2n) is 7.00. The van der Waals surface area contributed by atoms with Crippen molar-refractivity contribution < 1.29 is 14.3 Å². The second kappa shape index (κ2) is 7.01. The van der Waals surface area contributed by atoms with Crippen LogP contribution in [0.4, 0.5) is 5.69 Å². The molecule has 2 aliphatic rings. The van der Waals surface area contributed by atoms with Crippen molar-refractivity contribution in [3.8, 4) is 0 Å². The summed E-state index contributed by atoms with van der Waals surface area (Å²) in [6.45, 7) is 1.74. The van der Waals surface area contributed by atoms with Crippen molar-refractivity contribution >= 4 is 29.2 Å². The highest BCUT2D eigenvalue weighted by Gasteiger charge is 2.42. The number of benzene rings is 1. The Balaban J connectivity index is 1.47. The van der Waals surface area contributed by atoms with Crippen LogP contribution in [0.3, 0.4) is 0 Å². The van der Waals surface area contributed by atoms with Crippen molar-refractivity contribution in [3.63, 3.8) is 0 Å². The second-order valence-corrected chi connectivity index (χ2v) is 7.44. The molecule has 0 aromatic heterocycles. The van der Waals surface area contributed by atoms with Crippen LogP contribution in [0.25, 0.3) is 0 Å². The molecule has 2 bridgehead atoms. The molecule has 2 aliphatic carbocycles. The van der Waals surface area contributed by atoms with E-state index in [1.54, 1.807) is 6.07 Å². The van der Waals surface area contributed by atoms with E-state index in [-0.39, 0.29) is 29.8 Å². The molecule has 0 spiro atoms. The molecule has 2 saturated carbocycles. The quantitative estimate of drug-likeness (QED) is 0.631. The number of fused-ring (bicyclic) bond motifs is 2. The SMILES string of the molecule is C[C@H](NC(=O)COC(=O)c1ccc(Cl)cc1N)[C@@H]1C[C@H]2CC[C@H]1C2. The van der Waals surface area contributed by atoms with Crippen LogP contribution in [-0.2, 0) is 9.53 Å². The molecular weight excluding hydrogens is 328 g/mol. The maximum atomic E-state index is 12.1. The molecule has 0 saturated heterocycles. The van der Waals surface area contributed by atoms with Crippen LogP contribution in [0.15, 0.2) is 18.2 Å². The molecule has 0 aliphatic heterocycles. The van der Waals surface area contributed by atoms with Gasteiger partial charge >= 0.3 is 5.97 Å². The number of hydrogen-bond acceptors (Lipinski definition) is 4. The Morgan fingerprint density at radius 2 is 2.17 bits per heavy atom. The normalized spacial score (nSPS) is 26.2. The van der Waals surface area contributed by atoms with E-state index in [0.29, 0.717) is 10.9 Å². The minimum Gasteiger partial charge on any atom is -0.452 e. The predicted octanol–water partition coefficient (Wildman–Crippen LogP) is 3.02. The molecule has 0 unspecified atom stereocenters. The van der Waals surface area contributed by atoms with Gasteiger partial charge < -0.3 is 15.8 Å². The number of carbonyl (C=O) groups is 2. The van der Waals surface area contributed by atoms with E-state index < -0.39 is 5.97 Å². The first-order chi connectivity index (χ1) is 11.4. The van der Waals surface area contributed by atoms with Gasteiger partial charge in [0, 0.05) is 16.8 Å². The lowest BCUT2D eigenvalue weighted by Crippen LogP contribution is -2.42. The number of nitrogens with two attached hydrogens (primary N) is 1. The highest BCUT2D eigenvalue weighted by molar-refractivity contribution is 6.31. The Labute approximate surface area is 146 Å². The molecule has 1 aromatic rings. The number of nitrogen functional groups attached to an aromatic ring is 1. The van der Waals surface area contributed by atoms with Gasteiger partial charge in [0.1, 0.15) is 0 Å². The number of halogens is 1. The van der Waals surface area contributed by atoms with Crippen molar-refractivity contribution in [1.82, 2.24) is 5.32 Å². The van der Waals surface area contributed by atoms with Gasteiger partial charge in [-0.3, -0.25) is 4.79 Å². The molecule has 3 rings (SSSR count). The molecule has 3 N–H and O–H groups in total. The fourth-order valence-corrected chi connectivity index (χ4v) is 4.42. The molecule has 0 heterocycles. The highest BCUT2D eigenvalue weighted by atomic mass is 35.5. The molecule has 5 nitrogen and oxygen atoms in total. The van der Waals surface area contributed by atoms with E-state index >= 15 is 0 Å². The summed E-state index contributed by atoms with van der Waals surface area (Å²) in [6.07, 6.45) is 5.12. The van der Waals surface area contributed by atoms with Gasteiger partial charge in [0.05, 0.1) is 5.56 Å². The zero-order valence-corrected chi connectivity index (χ0v) is 14.5. The summed E-state index contributed by atoms with van der Waals surface area (Å²) in [6, 6.07) is 4.66. The van der Waals surface area contributed by atoms with E-state index in [4.69, 9.17) is 22.1 Å². The summed E-state index contributed by atoms with van der Waals surface area (Å²) in [7, 11) is 0. The van der Waals surface area contributed by atoms with Gasteiger partial charge in [0.2, 0.25) is 0 Å². The first-order valence-electron chi connectivity index (χ1n) is 8.45. The standard InChI is InChI=1S/C18H23ClN2O3/c1-10(15-7-11-2-3-12(15)6-11)21-17(22)9-24-18(23)14-5-4-13(19)8-16(14)20/h4-5,8,10-12,15H,2-3,6-7,9,20H2,1H3,(H,21,22)/t10-,11-,12-,15-/m0/s1. The van der Waals surface area contributed by atoms with Gasteiger partial charge in [-0.15, -0.1) is 0 Å². The van der Waals surface area contributed by atoms with Crippen LogP contribution < -0.4 is 11.1 Å². The fraction of sp³-hybridized carbons (Fsp3) is 0.556. The number of carbonyl (C=O) groups excluding carboxylic acids is 2. The molecule has 130 valence electrons. The van der Waals surface area contributed by atoms with Crippen molar-refractivity contribution in [2.75, 3.05) is 12.3 Å². The minimum atomic E-state index is -0.619. The van der Waals surface area contributed by atoms with Gasteiger partial charge in [-0.25, -0.2) is 4.79 Å². The first-order valence-corrected chi connectivity index (χ1v) is 8.83. The first kappa shape index (κ1) is 17.1. The Morgan fingerprint density at radius 1 is 1.38 bits per heavy atom. The average Bonchev–Trinajstić information content (AvgIpc) is 3.15. The van der Waals surface area contributed by atoms with Crippen LogP contribution in [0.5, 0.6) is 0 Å². The van der Waals surface area contributed by atoms with Crippen LogP contribution >= 0.6 is 11.6 Å². The van der Waals surface area contributed by atoms with Gasteiger partial charge in [-0.2, -0.15) is 0 Å². The van der Waals surface area contributed by atoms with Crippen molar-refractivity contribution in [2.24, 2.45) is 17.8 Å². The smallest absolute Gasteiger partial charge is 0.340 e. The molecule has 6 heteroatoms. The van der Waals surface area contributed by atoms with E-state index in [1.165, 1.54) is 37.8 Å². The lowest BCUT2D eigenvalue weighted by molar-refractivity contribution is -0.125. The molecule has 1 aromatic carbocycles. The van der Waals surface area contributed by atoms with Gasteiger partial charge in [0.25, 0.3) is 5.91 Å². The van der Waals surface area contributed by atoms with E-state index in [2.05, 4.69) is 5.32 Å². The minimum absolute atomic E-state index is 0.118. The summed E-state index contributed by atoms with van der Waals surface area (Å²) in [4.78, 5) is 24.1. The van der Waals surface area contributed by atoms with Gasteiger partial charge in [-0.1, -0.05) is 18.0 Å². The highest BCUT2D eigenvalue weighted by Crippen LogP contribution is 2.49. The summed E-state index contributed by atoms with van der Waals surface area (Å²) >= 11 is 5.80. The number of nitrogens with one attached hydrogen (secondary N) is 1. The maximum absolute atomic E-state index is 12.1. The molecule has 1 amide bonds. The summed E-state index contributed by atoms with van der Waals surface area (Å²) in [5.74, 6) is 1.24. The van der Waals surface area contributed by atoms with Crippen molar-refractivity contribution in [1.29, 1.82) is 0 Å². The molecule has 2 fully saturated rings. The fourth-order valence-electron chi connectivity index (χ4n) is 4.24. The van der Waals surface area contributed by atoms with Crippen LogP contribution in [0, 0.1) is 17.8 Å². The third-order valence-electron chi connectivity index (χ3n) is 5.39. The maximum Gasteiger partial charge on any atom is 0.340 e. The lowest BCUT2D eigenvalue weighted by atomic mass is 9.84. The Morgan fingerprint density at radius 3 is 2.79 bits per heavy atom. The van der Waals surface area contributed by atoms with E-state index in [9.17, 15) is 9.59 Å². The zero-order valence-electron chi connectivity index (χ0n) is 13.8. The van der Waals surface area contributed by atoms with Crippen molar-refractivity contribution in [2.45, 2.75) is 38.6 Å². The number of ether oxygens (including phenoxy) is 1. The molecule has 4 atom stereocenters. The van der Waals surface area contributed by atoms with Crippen LogP contribution in [0.1, 0.15) is 43.0 Å². The zero-order chi connectivity index (χ0) is 17.3. The number of rotatable bonds is 5. The number of esters is 1. The Bertz CT molecular complexity index is 649. The van der Waals surface area contributed by atoms with Gasteiger partial charge in [0.15, 0.2) is 6.61 Å². The third kappa shape index (κ3) is 3.66.